The number of nitrogens with zero attached hydrogens (tertiary/aromatic N) is 2. The second kappa shape index (κ2) is 13.3. The van der Waals surface area contributed by atoms with Crippen LogP contribution in [0.3, 0.4) is 0 Å². The van der Waals surface area contributed by atoms with Crippen molar-refractivity contribution in [3.8, 4) is 67.3 Å². The van der Waals surface area contributed by atoms with Gasteiger partial charge < -0.3 is 4.42 Å². The van der Waals surface area contributed by atoms with Crippen LogP contribution in [0.5, 0.6) is 0 Å². The molecule has 0 amide bonds. The highest BCUT2D eigenvalue weighted by Gasteiger charge is 2.20. The van der Waals surface area contributed by atoms with Gasteiger partial charge in [-0.05, 0) is 46.5 Å². The van der Waals surface area contributed by atoms with Gasteiger partial charge >= 0.3 is 0 Å². The summed E-state index contributed by atoms with van der Waals surface area (Å²) in [5.74, 6) is 0.693. The molecule has 3 nitrogen and oxygen atoms in total. The molecule has 4 heteroatoms. The zero-order valence-electron chi connectivity index (χ0n) is 30.2. The monoisotopic (exact) mass is 732 g/mol. The van der Waals surface area contributed by atoms with Crippen LogP contribution in [0.2, 0.25) is 0 Å². The topological polar surface area (TPSA) is 38.9 Å². The van der Waals surface area contributed by atoms with Gasteiger partial charge in [-0.1, -0.05) is 170 Å². The van der Waals surface area contributed by atoms with Gasteiger partial charge in [-0.25, -0.2) is 9.97 Å². The molecule has 0 saturated carbocycles. The van der Waals surface area contributed by atoms with E-state index in [1.807, 2.05) is 41.7 Å². The smallest absolute Gasteiger partial charge is 0.160 e. The van der Waals surface area contributed by atoms with Gasteiger partial charge in [0.05, 0.1) is 11.4 Å². The number of hydrogen-bond acceptors (Lipinski definition) is 4. The highest BCUT2D eigenvalue weighted by atomic mass is 32.1. The number of para-hydroxylation sites is 1. The van der Waals surface area contributed by atoms with E-state index in [0.717, 1.165) is 72.3 Å². The van der Waals surface area contributed by atoms with Gasteiger partial charge in [0.25, 0.3) is 0 Å². The second-order valence-corrected chi connectivity index (χ2v) is 15.1. The summed E-state index contributed by atoms with van der Waals surface area (Å²) in [6.45, 7) is 0. The average molecular weight is 733 g/mol. The van der Waals surface area contributed by atoms with E-state index in [1.54, 1.807) is 0 Å². The maximum absolute atomic E-state index is 6.75. The Labute approximate surface area is 327 Å². The Kier molecular flexibility index (Phi) is 7.68. The first kappa shape index (κ1) is 32.3. The number of aromatic nitrogens is 2. The Bertz CT molecular complexity index is 3240. The standard InChI is InChI=1S/C52H32N2OS/c1-3-14-33(15-4-1)37-18-7-8-19-39(37)46-32-45(53-52(54-46)36-16-5-2-6-17-36)35-28-26-34(27-29-35)38-30-31-41(49-44-21-9-11-24-47(44)55-50(38)49)43-23-13-22-42-40-20-10-12-25-48(40)56-51(42)43/h1-32H. The van der Waals surface area contributed by atoms with Gasteiger partial charge in [-0.2, -0.15) is 0 Å². The minimum Gasteiger partial charge on any atom is -0.455 e. The predicted octanol–water partition coefficient (Wildman–Crippen LogP) is 14.7. The van der Waals surface area contributed by atoms with Gasteiger partial charge in [0.2, 0.25) is 0 Å². The molecule has 11 rings (SSSR count). The minimum atomic E-state index is 0.693. The number of thiophene rings is 1. The fraction of sp³-hybridized carbons (Fsp3) is 0. The molecule has 0 radical (unpaired) electrons. The molecule has 0 N–H and O–H groups in total. The molecule has 8 aromatic carbocycles. The Balaban J connectivity index is 1.05. The quantitative estimate of drug-likeness (QED) is 0.171. The van der Waals surface area contributed by atoms with Crippen molar-refractivity contribution >= 4 is 53.4 Å². The van der Waals surface area contributed by atoms with Crippen molar-refractivity contribution in [1.82, 2.24) is 9.97 Å². The van der Waals surface area contributed by atoms with Crippen LogP contribution in [0.4, 0.5) is 0 Å². The lowest BCUT2D eigenvalue weighted by molar-refractivity contribution is 0.670. The lowest BCUT2D eigenvalue weighted by Crippen LogP contribution is -1.97. The van der Waals surface area contributed by atoms with Crippen LogP contribution in [0.25, 0.3) is 109 Å². The first-order chi connectivity index (χ1) is 27.8. The van der Waals surface area contributed by atoms with Gasteiger partial charge in [-0.3, -0.25) is 0 Å². The molecule has 0 bridgehead atoms. The fourth-order valence-electron chi connectivity index (χ4n) is 8.09. The second-order valence-electron chi connectivity index (χ2n) is 14.1. The highest BCUT2D eigenvalue weighted by molar-refractivity contribution is 7.26. The summed E-state index contributed by atoms with van der Waals surface area (Å²) in [6, 6.07) is 68.3. The summed E-state index contributed by atoms with van der Waals surface area (Å²) in [5.41, 5.74) is 13.4. The fourth-order valence-corrected chi connectivity index (χ4v) is 9.32. The molecule has 0 atom stereocenters. The molecular weight excluding hydrogens is 701 g/mol. The summed E-state index contributed by atoms with van der Waals surface area (Å²) >= 11 is 1.86. The zero-order valence-corrected chi connectivity index (χ0v) is 31.0. The zero-order chi connectivity index (χ0) is 37.0. The van der Waals surface area contributed by atoms with E-state index >= 15 is 0 Å². The largest absolute Gasteiger partial charge is 0.455 e. The Morgan fingerprint density at radius 3 is 1.79 bits per heavy atom. The summed E-state index contributed by atoms with van der Waals surface area (Å²) < 4.78 is 9.34. The first-order valence-corrected chi connectivity index (χ1v) is 19.6. The predicted molar refractivity (Wildman–Crippen MR) is 235 cm³/mol. The first-order valence-electron chi connectivity index (χ1n) is 18.8. The maximum Gasteiger partial charge on any atom is 0.160 e. The van der Waals surface area contributed by atoms with E-state index in [-0.39, 0.29) is 0 Å². The van der Waals surface area contributed by atoms with Crippen molar-refractivity contribution in [1.29, 1.82) is 0 Å². The molecule has 0 saturated heterocycles. The molecule has 3 heterocycles. The van der Waals surface area contributed by atoms with E-state index in [4.69, 9.17) is 14.4 Å². The van der Waals surface area contributed by atoms with Crippen LogP contribution in [0, 0.1) is 0 Å². The number of hydrogen-bond donors (Lipinski definition) is 0. The Hall–Kier alpha value is -7.14. The number of rotatable bonds is 6. The summed E-state index contributed by atoms with van der Waals surface area (Å²) in [4.78, 5) is 10.3. The number of benzene rings is 8. The van der Waals surface area contributed by atoms with Crippen molar-refractivity contribution < 1.29 is 4.42 Å². The van der Waals surface area contributed by atoms with E-state index in [1.165, 1.54) is 31.3 Å². The molecular formula is C52H32N2OS. The lowest BCUT2D eigenvalue weighted by Gasteiger charge is -2.13. The maximum atomic E-state index is 6.75. The minimum absolute atomic E-state index is 0.693. The van der Waals surface area contributed by atoms with Crippen LogP contribution in [-0.2, 0) is 0 Å². The summed E-state index contributed by atoms with van der Waals surface area (Å²) in [7, 11) is 0. The van der Waals surface area contributed by atoms with Gasteiger partial charge in [0, 0.05) is 58.8 Å². The SMILES string of the molecule is c1ccc(-c2nc(-c3ccc(-c4ccc(-c5cccc6c5sc5ccccc56)c5c4oc4ccccc45)cc3)cc(-c3ccccc3-c3ccccc3)n2)cc1. The van der Waals surface area contributed by atoms with Crippen LogP contribution < -0.4 is 0 Å². The van der Waals surface area contributed by atoms with Crippen molar-refractivity contribution in [3.05, 3.63) is 194 Å². The van der Waals surface area contributed by atoms with Crippen molar-refractivity contribution in [3.63, 3.8) is 0 Å². The average Bonchev–Trinajstić information content (AvgIpc) is 3.86. The van der Waals surface area contributed by atoms with Crippen molar-refractivity contribution in [2.75, 3.05) is 0 Å². The van der Waals surface area contributed by atoms with Gasteiger partial charge in [-0.15, -0.1) is 11.3 Å². The van der Waals surface area contributed by atoms with Crippen molar-refractivity contribution in [2.24, 2.45) is 0 Å². The summed E-state index contributed by atoms with van der Waals surface area (Å²) in [6.07, 6.45) is 0. The van der Waals surface area contributed by atoms with Gasteiger partial charge in [0.1, 0.15) is 11.2 Å². The summed E-state index contributed by atoms with van der Waals surface area (Å²) in [5, 5.41) is 4.84. The highest BCUT2D eigenvalue weighted by Crippen LogP contribution is 2.46. The molecule has 0 aliphatic carbocycles. The van der Waals surface area contributed by atoms with Crippen molar-refractivity contribution in [2.45, 2.75) is 0 Å². The third-order valence-corrected chi connectivity index (χ3v) is 12.0. The van der Waals surface area contributed by atoms with E-state index in [2.05, 4.69) is 164 Å². The van der Waals surface area contributed by atoms with E-state index < -0.39 is 0 Å². The normalized spacial score (nSPS) is 11.6. The molecule has 56 heavy (non-hydrogen) atoms. The molecule has 0 fully saturated rings. The third-order valence-electron chi connectivity index (χ3n) is 10.8. The third kappa shape index (κ3) is 5.42. The molecule has 11 aromatic rings. The van der Waals surface area contributed by atoms with E-state index in [9.17, 15) is 0 Å². The molecule has 0 aliphatic rings. The Morgan fingerprint density at radius 2 is 0.964 bits per heavy atom. The van der Waals surface area contributed by atoms with Crippen LogP contribution in [-0.4, -0.2) is 9.97 Å². The molecule has 3 aromatic heterocycles. The number of fused-ring (bicyclic) bond motifs is 6. The molecule has 0 spiro atoms. The van der Waals surface area contributed by atoms with Crippen LogP contribution >= 0.6 is 11.3 Å². The molecule has 262 valence electrons. The van der Waals surface area contributed by atoms with Crippen LogP contribution in [0.15, 0.2) is 199 Å². The Morgan fingerprint density at radius 1 is 0.375 bits per heavy atom. The number of furan rings is 1. The molecule has 0 aliphatic heterocycles. The van der Waals surface area contributed by atoms with Gasteiger partial charge in [0.15, 0.2) is 5.82 Å². The van der Waals surface area contributed by atoms with E-state index in [0.29, 0.717) is 5.82 Å². The molecule has 0 unspecified atom stereocenters. The van der Waals surface area contributed by atoms with Crippen LogP contribution in [0.1, 0.15) is 0 Å². The lowest BCUT2D eigenvalue weighted by atomic mass is 9.93.